The monoisotopic (exact) mass is 293 g/mol. The van der Waals surface area contributed by atoms with Crippen LogP contribution in [-0.4, -0.2) is 45.4 Å². The summed E-state index contributed by atoms with van der Waals surface area (Å²) in [5.41, 5.74) is 8.55. The number of nitrogens with zero attached hydrogens (tertiary/aromatic N) is 1. The second-order valence-electron chi connectivity index (χ2n) is 4.82. The van der Waals surface area contributed by atoms with E-state index < -0.39 is 0 Å². The Labute approximate surface area is 127 Å². The van der Waals surface area contributed by atoms with Crippen molar-refractivity contribution < 1.29 is 9.47 Å². The van der Waals surface area contributed by atoms with Gasteiger partial charge in [0.2, 0.25) is 0 Å². The lowest BCUT2D eigenvalue weighted by Crippen LogP contribution is -2.33. The van der Waals surface area contributed by atoms with E-state index in [1.807, 2.05) is 39.0 Å². The van der Waals surface area contributed by atoms with Crippen LogP contribution in [0.5, 0.6) is 0 Å². The van der Waals surface area contributed by atoms with Gasteiger partial charge in [-0.25, -0.2) is 0 Å². The largest absolute Gasteiger partial charge is 0.384 e. The third-order valence-corrected chi connectivity index (χ3v) is 3.20. The van der Waals surface area contributed by atoms with Crippen LogP contribution < -0.4 is 10.6 Å². The maximum Gasteiger partial charge on any atom is 0.124 e. The van der Waals surface area contributed by atoms with Gasteiger partial charge in [0, 0.05) is 37.6 Å². The van der Waals surface area contributed by atoms with Gasteiger partial charge in [-0.15, -0.1) is 0 Å². The molecule has 0 spiro atoms. The second kappa shape index (κ2) is 9.37. The molecule has 0 unspecified atom stereocenters. The molecule has 21 heavy (non-hydrogen) atoms. The fourth-order valence-electron chi connectivity index (χ4n) is 2.13. The number of benzene rings is 1. The molecule has 0 aliphatic rings. The Morgan fingerprint density at radius 1 is 1.14 bits per heavy atom. The molecule has 1 aromatic rings. The highest BCUT2D eigenvalue weighted by Crippen LogP contribution is 2.21. The minimum absolute atomic E-state index is 0.0894. The Balaban J connectivity index is 2.91. The van der Waals surface area contributed by atoms with Gasteiger partial charge >= 0.3 is 0 Å². The molecule has 5 nitrogen and oxygen atoms in total. The highest BCUT2D eigenvalue weighted by molar-refractivity contribution is 6.00. The minimum Gasteiger partial charge on any atom is -0.384 e. The van der Waals surface area contributed by atoms with Gasteiger partial charge in [0.05, 0.1) is 13.2 Å². The highest BCUT2D eigenvalue weighted by atomic mass is 16.5. The summed E-state index contributed by atoms with van der Waals surface area (Å²) in [6, 6.07) is 6.01. The molecule has 0 aliphatic carbocycles. The smallest absolute Gasteiger partial charge is 0.124 e. The Morgan fingerprint density at radius 3 is 2.19 bits per heavy atom. The van der Waals surface area contributed by atoms with E-state index in [0.717, 1.165) is 29.9 Å². The summed E-state index contributed by atoms with van der Waals surface area (Å²) in [5, 5.41) is 7.78. The molecule has 0 amide bonds. The number of ether oxygens (including phenoxy) is 2. The first-order valence-electron chi connectivity index (χ1n) is 7.45. The molecule has 0 bridgehead atoms. The topological polar surface area (TPSA) is 71.6 Å². The molecule has 0 heterocycles. The average molecular weight is 293 g/mol. The average Bonchev–Trinajstić information content (AvgIpc) is 2.46. The lowest BCUT2D eigenvalue weighted by atomic mass is 10.1. The number of hydrogen-bond donors (Lipinski definition) is 2. The van der Waals surface area contributed by atoms with Crippen molar-refractivity contribution in [1.29, 1.82) is 5.41 Å². The molecule has 0 radical (unpaired) electrons. The van der Waals surface area contributed by atoms with Crippen LogP contribution in [0.15, 0.2) is 18.2 Å². The number of nitrogens with one attached hydrogen (secondary N) is 1. The third kappa shape index (κ3) is 5.73. The van der Waals surface area contributed by atoms with Crippen molar-refractivity contribution in [3.63, 3.8) is 0 Å². The molecule has 0 saturated heterocycles. The van der Waals surface area contributed by atoms with Gasteiger partial charge in [-0.1, -0.05) is 11.6 Å². The molecule has 5 heteroatoms. The normalized spacial score (nSPS) is 10.6. The third-order valence-electron chi connectivity index (χ3n) is 3.20. The molecule has 1 rings (SSSR count). The predicted molar refractivity (Wildman–Crippen MR) is 87.4 cm³/mol. The SMILES string of the molecule is CCOCCN(CCOCC)c1ccc(C)cc1C(=N)N. The fourth-order valence-corrected chi connectivity index (χ4v) is 2.13. The quantitative estimate of drug-likeness (QED) is 0.394. The highest BCUT2D eigenvalue weighted by Gasteiger charge is 2.13. The van der Waals surface area contributed by atoms with Crippen molar-refractivity contribution in [2.45, 2.75) is 20.8 Å². The first-order chi connectivity index (χ1) is 10.1. The number of aryl methyl sites for hydroxylation is 1. The molecule has 0 aliphatic heterocycles. The van der Waals surface area contributed by atoms with E-state index in [1.165, 1.54) is 0 Å². The van der Waals surface area contributed by atoms with E-state index >= 15 is 0 Å². The van der Waals surface area contributed by atoms with Crippen LogP contribution >= 0.6 is 0 Å². The summed E-state index contributed by atoms with van der Waals surface area (Å²) in [7, 11) is 0. The molecular formula is C16H27N3O2. The van der Waals surface area contributed by atoms with Crippen LogP contribution in [0, 0.1) is 12.3 Å². The number of anilines is 1. The summed E-state index contributed by atoms with van der Waals surface area (Å²) >= 11 is 0. The molecule has 118 valence electrons. The molecule has 0 saturated carbocycles. The lowest BCUT2D eigenvalue weighted by molar-refractivity contribution is 0.141. The van der Waals surface area contributed by atoms with E-state index in [4.69, 9.17) is 20.6 Å². The van der Waals surface area contributed by atoms with Gasteiger partial charge < -0.3 is 20.1 Å². The number of amidine groups is 1. The number of nitrogen functional groups attached to an aromatic ring is 1. The Morgan fingerprint density at radius 2 is 1.71 bits per heavy atom. The Kier molecular flexibility index (Phi) is 7.79. The van der Waals surface area contributed by atoms with E-state index in [2.05, 4.69) is 4.90 Å². The molecule has 3 N–H and O–H groups in total. The maximum absolute atomic E-state index is 7.78. The molecule has 0 aromatic heterocycles. The van der Waals surface area contributed by atoms with Gasteiger partial charge in [-0.05, 0) is 32.9 Å². The summed E-state index contributed by atoms with van der Waals surface area (Å²) in [6.45, 7) is 10.2. The lowest BCUT2D eigenvalue weighted by Gasteiger charge is -2.27. The summed E-state index contributed by atoms with van der Waals surface area (Å²) in [5.74, 6) is 0.0894. The summed E-state index contributed by atoms with van der Waals surface area (Å²) in [6.07, 6.45) is 0. The predicted octanol–water partition coefficient (Wildman–Crippen LogP) is 2.16. The van der Waals surface area contributed by atoms with Crippen molar-refractivity contribution >= 4 is 11.5 Å². The molecule has 1 aromatic carbocycles. The minimum atomic E-state index is 0.0894. The van der Waals surface area contributed by atoms with Crippen LogP contribution in [0.3, 0.4) is 0 Å². The molecule has 0 atom stereocenters. The van der Waals surface area contributed by atoms with Crippen LogP contribution in [-0.2, 0) is 9.47 Å². The first-order valence-corrected chi connectivity index (χ1v) is 7.45. The van der Waals surface area contributed by atoms with Crippen LogP contribution in [0.2, 0.25) is 0 Å². The van der Waals surface area contributed by atoms with Crippen molar-refractivity contribution in [2.24, 2.45) is 5.73 Å². The fraction of sp³-hybridized carbons (Fsp3) is 0.562. The van der Waals surface area contributed by atoms with Crippen LogP contribution in [0.4, 0.5) is 5.69 Å². The zero-order chi connectivity index (χ0) is 15.7. The van der Waals surface area contributed by atoms with Crippen LogP contribution in [0.25, 0.3) is 0 Å². The number of rotatable bonds is 10. The first kappa shape index (κ1) is 17.5. The standard InChI is InChI=1S/C16H27N3O2/c1-4-20-10-8-19(9-11-21-5-2)15-7-6-13(3)12-14(15)16(17)18/h6-7,12H,4-5,8-11H2,1-3H3,(H3,17,18). The molecular weight excluding hydrogens is 266 g/mol. The Hall–Kier alpha value is -1.59. The zero-order valence-electron chi connectivity index (χ0n) is 13.3. The zero-order valence-corrected chi connectivity index (χ0v) is 13.3. The summed E-state index contributed by atoms with van der Waals surface area (Å²) in [4.78, 5) is 2.17. The summed E-state index contributed by atoms with van der Waals surface area (Å²) < 4.78 is 10.9. The van der Waals surface area contributed by atoms with Crippen molar-refractivity contribution in [2.75, 3.05) is 44.4 Å². The maximum atomic E-state index is 7.78. The van der Waals surface area contributed by atoms with Crippen LogP contribution in [0.1, 0.15) is 25.0 Å². The van der Waals surface area contributed by atoms with E-state index in [0.29, 0.717) is 26.4 Å². The van der Waals surface area contributed by atoms with Crippen molar-refractivity contribution in [3.8, 4) is 0 Å². The molecule has 0 fully saturated rings. The van der Waals surface area contributed by atoms with Gasteiger partial charge in [-0.2, -0.15) is 0 Å². The van der Waals surface area contributed by atoms with E-state index in [9.17, 15) is 0 Å². The van der Waals surface area contributed by atoms with Gasteiger partial charge in [0.15, 0.2) is 0 Å². The number of hydrogen-bond acceptors (Lipinski definition) is 4. The van der Waals surface area contributed by atoms with E-state index in [-0.39, 0.29) is 5.84 Å². The van der Waals surface area contributed by atoms with Crippen molar-refractivity contribution in [3.05, 3.63) is 29.3 Å². The van der Waals surface area contributed by atoms with Gasteiger partial charge in [-0.3, -0.25) is 5.41 Å². The van der Waals surface area contributed by atoms with Gasteiger partial charge in [0.1, 0.15) is 5.84 Å². The van der Waals surface area contributed by atoms with Gasteiger partial charge in [0.25, 0.3) is 0 Å². The Bertz CT molecular complexity index is 439. The van der Waals surface area contributed by atoms with E-state index in [1.54, 1.807) is 0 Å². The number of nitrogens with two attached hydrogens (primary N) is 1. The second-order valence-corrected chi connectivity index (χ2v) is 4.82. The van der Waals surface area contributed by atoms with Crippen molar-refractivity contribution in [1.82, 2.24) is 0 Å².